The maximum absolute atomic E-state index is 13.5. The molecule has 0 aliphatic rings. The summed E-state index contributed by atoms with van der Waals surface area (Å²) in [6.07, 6.45) is 1.48. The molecule has 0 aliphatic carbocycles. The van der Waals surface area contributed by atoms with E-state index in [1.165, 1.54) is 11.6 Å². The number of carbonyl (C=O) groups is 2. The van der Waals surface area contributed by atoms with Gasteiger partial charge in [-0.3, -0.25) is 9.59 Å². The van der Waals surface area contributed by atoms with E-state index >= 15 is 0 Å². The summed E-state index contributed by atoms with van der Waals surface area (Å²) in [6, 6.07) is 14.4. The molecule has 0 atom stereocenters. The molecule has 26 heavy (non-hydrogen) atoms. The van der Waals surface area contributed by atoms with E-state index in [-0.39, 0.29) is 31.3 Å². The zero-order valence-electron chi connectivity index (χ0n) is 15.0. The van der Waals surface area contributed by atoms with Gasteiger partial charge in [0.2, 0.25) is 5.91 Å². The van der Waals surface area contributed by atoms with Crippen LogP contribution < -0.4 is 5.32 Å². The summed E-state index contributed by atoms with van der Waals surface area (Å²) in [5, 5.41) is 2.73. The third kappa shape index (κ3) is 7.05. The standard InChI is InChI=1S/C21H24FNO3/c1-16-6-8-17(9-7-16)10-12-20(24)23-14-15-26-21(25)13-11-18-4-2-3-5-19(18)22/h2-9H,10-15H2,1H3,(H,23,24). The third-order valence-corrected chi connectivity index (χ3v) is 4.00. The number of amides is 1. The van der Waals surface area contributed by atoms with Crippen molar-refractivity contribution < 1.29 is 18.7 Å². The minimum absolute atomic E-state index is 0.0759. The predicted octanol–water partition coefficient (Wildman–Crippen LogP) is 3.36. The minimum atomic E-state index is -0.401. The first-order chi connectivity index (χ1) is 12.5. The maximum Gasteiger partial charge on any atom is 0.306 e. The van der Waals surface area contributed by atoms with E-state index in [9.17, 15) is 14.0 Å². The van der Waals surface area contributed by atoms with E-state index in [0.29, 0.717) is 24.8 Å². The lowest BCUT2D eigenvalue weighted by Crippen LogP contribution is -2.28. The van der Waals surface area contributed by atoms with E-state index < -0.39 is 5.97 Å². The number of benzene rings is 2. The van der Waals surface area contributed by atoms with E-state index in [2.05, 4.69) is 5.32 Å². The van der Waals surface area contributed by atoms with Crippen LogP contribution in [0.1, 0.15) is 29.5 Å². The number of hydrogen-bond acceptors (Lipinski definition) is 3. The zero-order chi connectivity index (χ0) is 18.8. The van der Waals surface area contributed by atoms with Crippen molar-refractivity contribution in [3.8, 4) is 0 Å². The van der Waals surface area contributed by atoms with Gasteiger partial charge in [-0.2, -0.15) is 0 Å². The first-order valence-corrected chi connectivity index (χ1v) is 8.76. The fourth-order valence-corrected chi connectivity index (χ4v) is 2.47. The van der Waals surface area contributed by atoms with E-state index in [0.717, 1.165) is 5.56 Å². The summed E-state index contributed by atoms with van der Waals surface area (Å²) in [7, 11) is 0. The fourth-order valence-electron chi connectivity index (χ4n) is 2.47. The molecule has 1 amide bonds. The number of halogens is 1. The molecule has 138 valence electrons. The molecule has 5 heteroatoms. The Kier molecular flexibility index (Phi) is 7.80. The lowest BCUT2D eigenvalue weighted by atomic mass is 10.1. The summed E-state index contributed by atoms with van der Waals surface area (Å²) >= 11 is 0. The Hall–Kier alpha value is -2.69. The lowest BCUT2D eigenvalue weighted by molar-refractivity contribution is -0.143. The van der Waals surface area contributed by atoms with Crippen LogP contribution in [0.2, 0.25) is 0 Å². The maximum atomic E-state index is 13.5. The Morgan fingerprint density at radius 1 is 1.00 bits per heavy atom. The van der Waals surface area contributed by atoms with Crippen molar-refractivity contribution in [2.45, 2.75) is 32.6 Å². The molecule has 0 saturated carbocycles. The van der Waals surface area contributed by atoms with Crippen LogP contribution >= 0.6 is 0 Å². The molecule has 0 fully saturated rings. The van der Waals surface area contributed by atoms with Gasteiger partial charge in [0.25, 0.3) is 0 Å². The first-order valence-electron chi connectivity index (χ1n) is 8.76. The monoisotopic (exact) mass is 357 g/mol. The molecule has 2 aromatic carbocycles. The van der Waals surface area contributed by atoms with Gasteiger partial charge < -0.3 is 10.1 Å². The molecule has 0 saturated heterocycles. The van der Waals surface area contributed by atoms with Crippen molar-refractivity contribution in [2.24, 2.45) is 0 Å². The highest BCUT2D eigenvalue weighted by atomic mass is 19.1. The minimum Gasteiger partial charge on any atom is -0.464 e. The van der Waals surface area contributed by atoms with Crippen molar-refractivity contribution in [3.05, 3.63) is 71.0 Å². The number of carbonyl (C=O) groups excluding carboxylic acids is 2. The molecule has 4 nitrogen and oxygen atoms in total. The van der Waals surface area contributed by atoms with E-state index in [1.807, 2.05) is 31.2 Å². The average molecular weight is 357 g/mol. The second-order valence-electron chi connectivity index (χ2n) is 6.15. The lowest BCUT2D eigenvalue weighted by Gasteiger charge is -2.07. The normalized spacial score (nSPS) is 10.4. The Labute approximate surface area is 153 Å². The van der Waals surface area contributed by atoms with Gasteiger partial charge in [0, 0.05) is 12.8 Å². The Morgan fingerprint density at radius 2 is 1.73 bits per heavy atom. The van der Waals surface area contributed by atoms with Crippen molar-refractivity contribution >= 4 is 11.9 Å². The molecule has 0 aliphatic heterocycles. The molecule has 2 aromatic rings. The molecule has 0 radical (unpaired) electrons. The zero-order valence-corrected chi connectivity index (χ0v) is 15.0. The molecule has 0 unspecified atom stereocenters. The molecule has 0 aromatic heterocycles. The number of esters is 1. The number of hydrogen-bond donors (Lipinski definition) is 1. The van der Waals surface area contributed by atoms with Gasteiger partial charge in [0.1, 0.15) is 12.4 Å². The molecule has 0 bridgehead atoms. The first kappa shape index (κ1) is 19.6. The van der Waals surface area contributed by atoms with Gasteiger partial charge in [-0.05, 0) is 37.0 Å². The number of aryl methyl sites for hydroxylation is 3. The predicted molar refractivity (Wildman–Crippen MR) is 98.2 cm³/mol. The smallest absolute Gasteiger partial charge is 0.306 e. The summed E-state index contributed by atoms with van der Waals surface area (Å²) in [5.41, 5.74) is 2.80. The SMILES string of the molecule is Cc1ccc(CCC(=O)NCCOC(=O)CCc2ccccc2F)cc1. The van der Waals surface area contributed by atoms with Crippen LogP contribution in [-0.2, 0) is 27.2 Å². The van der Waals surface area contributed by atoms with Gasteiger partial charge in [0.15, 0.2) is 0 Å². The van der Waals surface area contributed by atoms with Crippen LogP contribution in [0.15, 0.2) is 48.5 Å². The van der Waals surface area contributed by atoms with Gasteiger partial charge in [-0.25, -0.2) is 4.39 Å². The van der Waals surface area contributed by atoms with Gasteiger partial charge in [-0.15, -0.1) is 0 Å². The van der Waals surface area contributed by atoms with Crippen molar-refractivity contribution in [1.82, 2.24) is 5.32 Å². The average Bonchev–Trinajstić information content (AvgIpc) is 2.64. The Balaban J connectivity index is 1.56. The van der Waals surface area contributed by atoms with Crippen LogP contribution in [-0.4, -0.2) is 25.0 Å². The van der Waals surface area contributed by atoms with Crippen LogP contribution in [0.5, 0.6) is 0 Å². The molecular weight excluding hydrogens is 333 g/mol. The summed E-state index contributed by atoms with van der Waals surface area (Å²) < 4.78 is 18.5. The number of nitrogens with one attached hydrogen (secondary N) is 1. The van der Waals surface area contributed by atoms with E-state index in [4.69, 9.17) is 4.74 Å². The van der Waals surface area contributed by atoms with Crippen LogP contribution in [0.4, 0.5) is 4.39 Å². The van der Waals surface area contributed by atoms with Crippen molar-refractivity contribution in [2.75, 3.05) is 13.2 Å². The number of rotatable bonds is 9. The molecule has 1 N–H and O–H groups in total. The molecule has 0 heterocycles. The van der Waals surface area contributed by atoms with Crippen molar-refractivity contribution in [3.63, 3.8) is 0 Å². The highest BCUT2D eigenvalue weighted by molar-refractivity contribution is 5.76. The highest BCUT2D eigenvalue weighted by Gasteiger charge is 2.07. The fraction of sp³-hybridized carbons (Fsp3) is 0.333. The Morgan fingerprint density at radius 3 is 2.46 bits per heavy atom. The van der Waals surface area contributed by atoms with Crippen LogP contribution in [0.3, 0.4) is 0 Å². The van der Waals surface area contributed by atoms with Crippen molar-refractivity contribution in [1.29, 1.82) is 0 Å². The topological polar surface area (TPSA) is 55.4 Å². The van der Waals surface area contributed by atoms with Gasteiger partial charge in [0.05, 0.1) is 6.54 Å². The molecule has 2 rings (SSSR count). The number of ether oxygens (including phenoxy) is 1. The molecule has 0 spiro atoms. The second-order valence-corrected chi connectivity index (χ2v) is 6.15. The van der Waals surface area contributed by atoms with E-state index in [1.54, 1.807) is 18.2 Å². The summed E-state index contributed by atoms with van der Waals surface area (Å²) in [4.78, 5) is 23.4. The summed E-state index contributed by atoms with van der Waals surface area (Å²) in [5.74, 6) is -0.795. The summed E-state index contributed by atoms with van der Waals surface area (Å²) in [6.45, 7) is 2.42. The van der Waals surface area contributed by atoms with Gasteiger partial charge in [-0.1, -0.05) is 48.0 Å². The molecular formula is C21H24FNO3. The largest absolute Gasteiger partial charge is 0.464 e. The quantitative estimate of drug-likeness (QED) is 0.553. The van der Waals surface area contributed by atoms with Crippen LogP contribution in [0.25, 0.3) is 0 Å². The second kappa shape index (κ2) is 10.3. The van der Waals surface area contributed by atoms with Crippen LogP contribution in [0, 0.1) is 12.7 Å². The Bertz CT molecular complexity index is 728. The third-order valence-electron chi connectivity index (χ3n) is 4.00. The highest BCUT2D eigenvalue weighted by Crippen LogP contribution is 2.09. The van der Waals surface area contributed by atoms with Gasteiger partial charge >= 0.3 is 5.97 Å².